The molecule has 0 saturated carbocycles. The molecule has 0 saturated heterocycles. The first-order valence-corrected chi connectivity index (χ1v) is 12.0. The number of carbonyl (C=O) groups is 1. The van der Waals surface area contributed by atoms with E-state index in [2.05, 4.69) is 31.2 Å². The number of hydrogen-bond donors (Lipinski definition) is 1. The lowest BCUT2D eigenvalue weighted by Crippen LogP contribution is -2.31. The van der Waals surface area contributed by atoms with E-state index in [1.165, 1.54) is 43.4 Å². The fourth-order valence-corrected chi connectivity index (χ4v) is 3.16. The SMILES string of the molecule is CCCCC/C=C\C/C=C\CCCCCCCC(=O)N(C)CCS(=O)(=O)O. The monoisotopic (exact) mass is 401 g/mol. The lowest BCUT2D eigenvalue weighted by atomic mass is 10.1. The molecule has 0 aliphatic carbocycles. The summed E-state index contributed by atoms with van der Waals surface area (Å²) in [5.74, 6) is -0.471. The molecule has 0 aromatic rings. The summed E-state index contributed by atoms with van der Waals surface area (Å²) in [5, 5.41) is 0. The van der Waals surface area contributed by atoms with Crippen molar-refractivity contribution in [2.24, 2.45) is 0 Å². The lowest BCUT2D eigenvalue weighted by molar-refractivity contribution is -0.129. The van der Waals surface area contributed by atoms with Crippen LogP contribution in [0, 0.1) is 0 Å². The molecule has 1 N–H and O–H groups in total. The van der Waals surface area contributed by atoms with Gasteiger partial charge in [0.05, 0.1) is 5.75 Å². The topological polar surface area (TPSA) is 74.7 Å². The van der Waals surface area contributed by atoms with Crippen LogP contribution in [0.2, 0.25) is 0 Å². The normalized spacial score (nSPS) is 12.3. The molecule has 0 atom stereocenters. The third kappa shape index (κ3) is 19.4. The van der Waals surface area contributed by atoms with E-state index in [0.29, 0.717) is 6.42 Å². The fourth-order valence-electron chi connectivity index (χ4n) is 2.66. The quantitative estimate of drug-likeness (QED) is 0.208. The van der Waals surface area contributed by atoms with Crippen molar-refractivity contribution in [1.82, 2.24) is 4.90 Å². The molecule has 27 heavy (non-hydrogen) atoms. The number of hydrogen-bond acceptors (Lipinski definition) is 3. The van der Waals surface area contributed by atoms with E-state index in [9.17, 15) is 13.2 Å². The van der Waals surface area contributed by atoms with E-state index < -0.39 is 15.9 Å². The van der Waals surface area contributed by atoms with E-state index in [4.69, 9.17) is 4.55 Å². The molecular formula is C21H39NO4S. The molecule has 0 spiro atoms. The Labute approximate surface area is 166 Å². The second-order valence-electron chi connectivity index (χ2n) is 7.08. The highest BCUT2D eigenvalue weighted by Crippen LogP contribution is 2.09. The summed E-state index contributed by atoms with van der Waals surface area (Å²) >= 11 is 0. The molecule has 6 heteroatoms. The summed E-state index contributed by atoms with van der Waals surface area (Å²) in [7, 11) is -2.44. The largest absolute Gasteiger partial charge is 0.345 e. The second kappa shape index (κ2) is 17.0. The standard InChI is InChI=1S/C21H39NO4S/c1-3-4-5-6-7-8-9-10-11-12-13-14-15-16-17-18-21(23)22(2)19-20-27(24,25)26/h7-8,10-11H,3-6,9,12-20H2,1-2H3,(H,24,25,26)/b8-7-,11-10-. The van der Waals surface area contributed by atoms with E-state index in [1.54, 1.807) is 7.05 Å². The van der Waals surface area contributed by atoms with Gasteiger partial charge in [0.25, 0.3) is 10.1 Å². The minimum absolute atomic E-state index is 0.0396. The van der Waals surface area contributed by atoms with Gasteiger partial charge in [0.1, 0.15) is 0 Å². The molecule has 0 rings (SSSR count). The first-order valence-electron chi connectivity index (χ1n) is 10.4. The average Bonchev–Trinajstić information content (AvgIpc) is 2.62. The van der Waals surface area contributed by atoms with Crippen molar-refractivity contribution in [3.63, 3.8) is 0 Å². The fraction of sp³-hybridized carbons (Fsp3) is 0.762. The average molecular weight is 402 g/mol. The van der Waals surface area contributed by atoms with Gasteiger partial charge in [-0.25, -0.2) is 0 Å². The van der Waals surface area contributed by atoms with Crippen LogP contribution in [0.3, 0.4) is 0 Å². The minimum Gasteiger partial charge on any atom is -0.345 e. The number of amides is 1. The van der Waals surface area contributed by atoms with Crippen molar-refractivity contribution in [2.75, 3.05) is 19.3 Å². The third-order valence-corrected chi connectivity index (χ3v) is 5.15. The highest BCUT2D eigenvalue weighted by atomic mass is 32.2. The lowest BCUT2D eigenvalue weighted by Gasteiger charge is -2.16. The van der Waals surface area contributed by atoms with Crippen molar-refractivity contribution in [2.45, 2.75) is 84.0 Å². The van der Waals surface area contributed by atoms with Crippen LogP contribution in [-0.2, 0) is 14.9 Å². The zero-order valence-corrected chi connectivity index (χ0v) is 18.1. The summed E-state index contributed by atoms with van der Waals surface area (Å²) in [6.07, 6.45) is 22.0. The Bertz CT molecular complexity index is 526. The molecule has 0 fully saturated rings. The van der Waals surface area contributed by atoms with Crippen molar-refractivity contribution in [3.05, 3.63) is 24.3 Å². The van der Waals surface area contributed by atoms with Crippen LogP contribution in [0.25, 0.3) is 0 Å². The van der Waals surface area contributed by atoms with Gasteiger partial charge in [-0.1, -0.05) is 63.3 Å². The Hall–Kier alpha value is -1.14. The first-order chi connectivity index (χ1) is 12.9. The molecule has 0 aromatic carbocycles. The van der Waals surface area contributed by atoms with Crippen molar-refractivity contribution in [1.29, 1.82) is 0 Å². The molecule has 1 amide bonds. The molecule has 0 unspecified atom stereocenters. The number of carbonyl (C=O) groups excluding carboxylic acids is 1. The number of rotatable bonds is 17. The molecular weight excluding hydrogens is 362 g/mol. The van der Waals surface area contributed by atoms with Gasteiger partial charge in [0, 0.05) is 20.0 Å². The molecule has 0 bridgehead atoms. The molecule has 0 aromatic heterocycles. The molecule has 0 aliphatic rings. The zero-order chi connectivity index (χ0) is 20.4. The van der Waals surface area contributed by atoms with Crippen molar-refractivity contribution >= 4 is 16.0 Å². The van der Waals surface area contributed by atoms with Crippen molar-refractivity contribution in [3.8, 4) is 0 Å². The molecule has 0 aliphatic heterocycles. The second-order valence-corrected chi connectivity index (χ2v) is 8.65. The Morgan fingerprint density at radius 1 is 0.889 bits per heavy atom. The highest BCUT2D eigenvalue weighted by molar-refractivity contribution is 7.85. The maximum absolute atomic E-state index is 11.8. The summed E-state index contributed by atoms with van der Waals surface area (Å²) < 4.78 is 30.0. The molecule has 0 heterocycles. The predicted octanol–water partition coefficient (Wildman–Crippen LogP) is 5.15. The maximum Gasteiger partial charge on any atom is 0.266 e. The summed E-state index contributed by atoms with van der Waals surface area (Å²) in [5.41, 5.74) is 0. The smallest absolute Gasteiger partial charge is 0.266 e. The van der Waals surface area contributed by atoms with Gasteiger partial charge in [-0.05, 0) is 38.5 Å². The van der Waals surface area contributed by atoms with Gasteiger partial charge in [0.2, 0.25) is 5.91 Å². The Balaban J connectivity index is 3.48. The number of allylic oxidation sites excluding steroid dienone is 4. The van der Waals surface area contributed by atoms with E-state index in [-0.39, 0.29) is 12.5 Å². The van der Waals surface area contributed by atoms with Crippen LogP contribution in [0.1, 0.15) is 84.0 Å². The summed E-state index contributed by atoms with van der Waals surface area (Å²) in [4.78, 5) is 13.2. The van der Waals surface area contributed by atoms with Crippen molar-refractivity contribution < 1.29 is 17.8 Å². The van der Waals surface area contributed by atoms with Crippen LogP contribution in [0.5, 0.6) is 0 Å². The van der Waals surface area contributed by atoms with E-state index in [1.807, 2.05) is 0 Å². The molecule has 0 radical (unpaired) electrons. The zero-order valence-electron chi connectivity index (χ0n) is 17.2. The van der Waals surface area contributed by atoms with Gasteiger partial charge in [0.15, 0.2) is 0 Å². The number of nitrogens with zero attached hydrogens (tertiary/aromatic N) is 1. The maximum atomic E-state index is 11.8. The van der Waals surface area contributed by atoms with Crippen LogP contribution in [-0.4, -0.2) is 43.1 Å². The third-order valence-electron chi connectivity index (χ3n) is 4.45. The Kier molecular flexibility index (Phi) is 16.3. The minimum atomic E-state index is -4.01. The summed E-state index contributed by atoms with van der Waals surface area (Å²) in [6.45, 7) is 2.26. The van der Waals surface area contributed by atoms with Gasteiger partial charge in [-0.3, -0.25) is 9.35 Å². The molecule has 158 valence electrons. The predicted molar refractivity (Wildman–Crippen MR) is 113 cm³/mol. The molecule has 5 nitrogen and oxygen atoms in total. The van der Waals surface area contributed by atoms with E-state index >= 15 is 0 Å². The number of unbranched alkanes of at least 4 members (excludes halogenated alkanes) is 8. The van der Waals surface area contributed by atoms with Crippen LogP contribution >= 0.6 is 0 Å². The first kappa shape index (κ1) is 25.9. The Morgan fingerprint density at radius 2 is 1.44 bits per heavy atom. The van der Waals surface area contributed by atoms with Gasteiger partial charge < -0.3 is 4.90 Å². The van der Waals surface area contributed by atoms with Gasteiger partial charge >= 0.3 is 0 Å². The van der Waals surface area contributed by atoms with Crippen LogP contribution in [0.15, 0.2) is 24.3 Å². The van der Waals surface area contributed by atoms with Crippen LogP contribution in [0.4, 0.5) is 0 Å². The van der Waals surface area contributed by atoms with Crippen LogP contribution < -0.4 is 0 Å². The highest BCUT2D eigenvalue weighted by Gasteiger charge is 2.12. The Morgan fingerprint density at radius 3 is 2.04 bits per heavy atom. The van der Waals surface area contributed by atoms with Gasteiger partial charge in [-0.15, -0.1) is 0 Å². The van der Waals surface area contributed by atoms with Gasteiger partial charge in [-0.2, -0.15) is 8.42 Å². The summed E-state index contributed by atoms with van der Waals surface area (Å²) in [6, 6.07) is 0. The van der Waals surface area contributed by atoms with E-state index in [0.717, 1.165) is 32.1 Å².